The van der Waals surface area contributed by atoms with Gasteiger partial charge in [-0.25, -0.2) is 0 Å². The summed E-state index contributed by atoms with van der Waals surface area (Å²) in [6.45, 7) is 6.27. The molecule has 0 amide bonds. The molecule has 0 aromatic heterocycles. The second kappa shape index (κ2) is 3.33. The molecule has 2 saturated heterocycles. The summed E-state index contributed by atoms with van der Waals surface area (Å²) in [6, 6.07) is 0. The molecule has 2 fully saturated rings. The standard InChI is InChI=1S/C8H12O4/c1-6(9-2-7-4-11-7)10-3-8-5-12-8/h7-8H,1-5H2. The predicted molar refractivity (Wildman–Crippen MR) is 40.5 cm³/mol. The zero-order chi connectivity index (χ0) is 8.39. The third-order valence-corrected chi connectivity index (χ3v) is 1.67. The monoisotopic (exact) mass is 172 g/mol. The van der Waals surface area contributed by atoms with Crippen molar-refractivity contribution in [3.63, 3.8) is 0 Å². The van der Waals surface area contributed by atoms with E-state index in [4.69, 9.17) is 18.9 Å². The van der Waals surface area contributed by atoms with Crippen molar-refractivity contribution in [2.45, 2.75) is 12.2 Å². The summed E-state index contributed by atoms with van der Waals surface area (Å²) in [5.41, 5.74) is 0. The largest absolute Gasteiger partial charge is 0.463 e. The van der Waals surface area contributed by atoms with Crippen molar-refractivity contribution in [2.24, 2.45) is 0 Å². The van der Waals surface area contributed by atoms with Gasteiger partial charge in [0, 0.05) is 0 Å². The van der Waals surface area contributed by atoms with Crippen LogP contribution < -0.4 is 0 Å². The lowest BCUT2D eigenvalue weighted by Gasteiger charge is -2.07. The molecule has 2 heterocycles. The highest BCUT2D eigenvalue weighted by atomic mass is 16.7. The summed E-state index contributed by atoms with van der Waals surface area (Å²) < 4.78 is 20.2. The molecule has 12 heavy (non-hydrogen) atoms. The van der Waals surface area contributed by atoms with E-state index in [-0.39, 0.29) is 12.2 Å². The first-order chi connectivity index (χ1) is 5.84. The zero-order valence-electron chi connectivity index (χ0n) is 6.82. The fraction of sp³-hybridized carbons (Fsp3) is 0.750. The lowest BCUT2D eigenvalue weighted by Crippen LogP contribution is -2.06. The van der Waals surface area contributed by atoms with Gasteiger partial charge in [0.15, 0.2) is 0 Å². The van der Waals surface area contributed by atoms with Gasteiger partial charge in [0.25, 0.3) is 5.95 Å². The van der Waals surface area contributed by atoms with Gasteiger partial charge in [-0.05, 0) is 6.58 Å². The van der Waals surface area contributed by atoms with E-state index in [0.29, 0.717) is 19.2 Å². The van der Waals surface area contributed by atoms with Crippen LogP contribution in [0.1, 0.15) is 0 Å². The van der Waals surface area contributed by atoms with Crippen LogP contribution in [-0.2, 0) is 18.9 Å². The number of epoxide rings is 2. The first-order valence-electron chi connectivity index (χ1n) is 4.02. The normalized spacial score (nSPS) is 31.0. The minimum atomic E-state index is 0.252. The Balaban J connectivity index is 1.50. The fourth-order valence-electron chi connectivity index (χ4n) is 0.742. The lowest BCUT2D eigenvalue weighted by atomic mass is 10.5. The first kappa shape index (κ1) is 7.89. The second-order valence-electron chi connectivity index (χ2n) is 2.90. The van der Waals surface area contributed by atoms with Gasteiger partial charge in [-0.3, -0.25) is 0 Å². The molecule has 0 N–H and O–H groups in total. The number of hydrogen-bond acceptors (Lipinski definition) is 4. The van der Waals surface area contributed by atoms with Gasteiger partial charge >= 0.3 is 0 Å². The molecular weight excluding hydrogens is 160 g/mol. The molecule has 0 aliphatic carbocycles. The average Bonchev–Trinajstić information content (AvgIpc) is 2.89. The highest BCUT2D eigenvalue weighted by molar-refractivity contribution is 4.76. The van der Waals surface area contributed by atoms with E-state index >= 15 is 0 Å². The molecule has 0 radical (unpaired) electrons. The summed E-state index contributed by atoms with van der Waals surface area (Å²) in [4.78, 5) is 0. The van der Waals surface area contributed by atoms with Crippen LogP contribution in [0.2, 0.25) is 0 Å². The minimum absolute atomic E-state index is 0.252. The third-order valence-electron chi connectivity index (χ3n) is 1.67. The molecule has 0 aromatic carbocycles. The van der Waals surface area contributed by atoms with Crippen LogP contribution in [0.15, 0.2) is 12.5 Å². The highest BCUT2D eigenvalue weighted by Gasteiger charge is 2.25. The number of ether oxygens (including phenoxy) is 4. The molecule has 0 aromatic rings. The average molecular weight is 172 g/mol. The van der Waals surface area contributed by atoms with Crippen molar-refractivity contribution in [3.8, 4) is 0 Å². The Morgan fingerprint density at radius 1 is 1.17 bits per heavy atom. The van der Waals surface area contributed by atoms with Gasteiger partial charge in [0.2, 0.25) is 0 Å². The molecule has 68 valence electrons. The van der Waals surface area contributed by atoms with Crippen LogP contribution in [0.5, 0.6) is 0 Å². The molecule has 2 aliphatic rings. The number of hydrogen-bond donors (Lipinski definition) is 0. The zero-order valence-corrected chi connectivity index (χ0v) is 6.82. The number of rotatable bonds is 6. The summed E-state index contributed by atoms with van der Waals surface area (Å²) >= 11 is 0. The molecule has 2 atom stereocenters. The van der Waals surface area contributed by atoms with Crippen molar-refractivity contribution < 1.29 is 18.9 Å². The summed E-state index contributed by atoms with van der Waals surface area (Å²) in [6.07, 6.45) is 0.505. The second-order valence-corrected chi connectivity index (χ2v) is 2.90. The Bertz CT molecular complexity index is 154. The summed E-state index contributed by atoms with van der Waals surface area (Å²) in [5, 5.41) is 0. The van der Waals surface area contributed by atoms with Crippen LogP contribution in [0.3, 0.4) is 0 Å². The van der Waals surface area contributed by atoms with Gasteiger partial charge in [-0.15, -0.1) is 0 Å². The molecule has 0 saturated carbocycles. The lowest BCUT2D eigenvalue weighted by molar-refractivity contribution is 0.0252. The van der Waals surface area contributed by atoms with E-state index in [1.54, 1.807) is 0 Å². The molecule has 2 unspecified atom stereocenters. The van der Waals surface area contributed by atoms with Gasteiger partial charge < -0.3 is 18.9 Å². The van der Waals surface area contributed by atoms with Gasteiger partial charge in [-0.1, -0.05) is 0 Å². The topological polar surface area (TPSA) is 43.5 Å². The van der Waals surface area contributed by atoms with E-state index < -0.39 is 0 Å². The Hall–Kier alpha value is -0.740. The van der Waals surface area contributed by atoms with Crippen molar-refractivity contribution in [2.75, 3.05) is 26.4 Å². The molecule has 4 nitrogen and oxygen atoms in total. The van der Waals surface area contributed by atoms with Crippen molar-refractivity contribution >= 4 is 0 Å². The first-order valence-corrected chi connectivity index (χ1v) is 4.02. The van der Waals surface area contributed by atoms with Crippen molar-refractivity contribution in [1.29, 1.82) is 0 Å². The van der Waals surface area contributed by atoms with Crippen molar-refractivity contribution in [1.82, 2.24) is 0 Å². The maximum absolute atomic E-state index is 5.15. The van der Waals surface area contributed by atoms with E-state index in [2.05, 4.69) is 6.58 Å². The van der Waals surface area contributed by atoms with Gasteiger partial charge in [-0.2, -0.15) is 0 Å². The summed E-state index contributed by atoms with van der Waals surface area (Å²) in [5.74, 6) is 0.362. The fourth-order valence-corrected chi connectivity index (χ4v) is 0.742. The van der Waals surface area contributed by atoms with Gasteiger partial charge in [0.1, 0.15) is 25.4 Å². The van der Waals surface area contributed by atoms with E-state index in [1.807, 2.05) is 0 Å². The van der Waals surface area contributed by atoms with Crippen LogP contribution >= 0.6 is 0 Å². The van der Waals surface area contributed by atoms with Crippen LogP contribution in [0, 0.1) is 0 Å². The van der Waals surface area contributed by atoms with E-state index in [9.17, 15) is 0 Å². The minimum Gasteiger partial charge on any atom is -0.463 e. The Kier molecular flexibility index (Phi) is 2.19. The predicted octanol–water partition coefficient (Wildman–Crippen LogP) is 0.288. The van der Waals surface area contributed by atoms with Crippen LogP contribution in [-0.4, -0.2) is 38.6 Å². The molecule has 2 rings (SSSR count). The Labute approximate surface area is 71.0 Å². The summed E-state index contributed by atoms with van der Waals surface area (Å²) in [7, 11) is 0. The quantitative estimate of drug-likeness (QED) is 0.426. The molecule has 0 spiro atoms. The SMILES string of the molecule is C=C(OCC1CO1)OCC1CO1. The highest BCUT2D eigenvalue weighted by Crippen LogP contribution is 2.13. The van der Waals surface area contributed by atoms with Crippen LogP contribution in [0.25, 0.3) is 0 Å². The van der Waals surface area contributed by atoms with E-state index in [1.165, 1.54) is 0 Å². The molecule has 0 bridgehead atoms. The molecule has 2 aliphatic heterocycles. The van der Waals surface area contributed by atoms with Crippen LogP contribution in [0.4, 0.5) is 0 Å². The van der Waals surface area contributed by atoms with E-state index in [0.717, 1.165) is 13.2 Å². The maximum atomic E-state index is 5.15. The smallest absolute Gasteiger partial charge is 0.271 e. The van der Waals surface area contributed by atoms with Crippen molar-refractivity contribution in [3.05, 3.63) is 12.5 Å². The molecule has 4 heteroatoms. The maximum Gasteiger partial charge on any atom is 0.271 e. The Morgan fingerprint density at radius 3 is 1.92 bits per heavy atom. The van der Waals surface area contributed by atoms with Gasteiger partial charge in [0.05, 0.1) is 13.2 Å². The Morgan fingerprint density at radius 2 is 1.58 bits per heavy atom. The molecular formula is C8H12O4. The third kappa shape index (κ3) is 2.71.